The summed E-state index contributed by atoms with van der Waals surface area (Å²) in [5, 5.41) is 9.77. The largest absolute Gasteiger partial charge is 0.497 e. The molecule has 1 aliphatic heterocycles. The average molecular weight is 494 g/mol. The summed E-state index contributed by atoms with van der Waals surface area (Å²) in [6.07, 6.45) is 9.51. The van der Waals surface area contributed by atoms with Gasteiger partial charge in [-0.1, -0.05) is 31.0 Å². The van der Waals surface area contributed by atoms with Crippen LogP contribution in [0.1, 0.15) is 71.8 Å². The molecule has 1 saturated carbocycles. The van der Waals surface area contributed by atoms with Crippen molar-refractivity contribution < 1.29 is 14.3 Å². The molecule has 0 bridgehead atoms. The Morgan fingerprint density at radius 3 is 2.51 bits per heavy atom. The number of aromatic amines is 1. The summed E-state index contributed by atoms with van der Waals surface area (Å²) in [5.74, 6) is 1.80. The normalized spacial score (nSPS) is 16.5. The number of nitrogens with zero attached hydrogens (tertiary/aromatic N) is 4. The molecule has 5 rings (SSSR count). The minimum absolute atomic E-state index is 0.0316. The van der Waals surface area contributed by atoms with E-state index in [1.165, 1.54) is 31.0 Å². The van der Waals surface area contributed by atoms with Crippen molar-refractivity contribution in [2.24, 2.45) is 0 Å². The summed E-state index contributed by atoms with van der Waals surface area (Å²) >= 11 is 1.42. The number of hydrogen-bond acceptors (Lipinski definition) is 6. The Morgan fingerprint density at radius 1 is 1.06 bits per heavy atom. The van der Waals surface area contributed by atoms with Crippen LogP contribution in [-0.4, -0.2) is 62.3 Å². The van der Waals surface area contributed by atoms with Gasteiger partial charge in [0, 0.05) is 36.5 Å². The number of aromatic nitrogens is 4. The van der Waals surface area contributed by atoms with Gasteiger partial charge in [-0.05, 0) is 56.0 Å². The maximum absolute atomic E-state index is 13.0. The van der Waals surface area contributed by atoms with Gasteiger partial charge in [-0.2, -0.15) is 0 Å². The number of amides is 1. The highest BCUT2D eigenvalue weighted by Crippen LogP contribution is 2.36. The van der Waals surface area contributed by atoms with Crippen LogP contribution in [0.2, 0.25) is 0 Å². The first-order valence-corrected chi connectivity index (χ1v) is 13.4. The van der Waals surface area contributed by atoms with Crippen LogP contribution < -0.4 is 4.74 Å². The number of ketones is 1. The van der Waals surface area contributed by atoms with Crippen LogP contribution in [0.3, 0.4) is 0 Å². The number of carbonyl (C=O) groups excluding carboxylic acids is 2. The highest BCUT2D eigenvalue weighted by atomic mass is 32.2. The summed E-state index contributed by atoms with van der Waals surface area (Å²) in [5.41, 5.74) is 1.99. The van der Waals surface area contributed by atoms with Gasteiger partial charge in [-0.25, -0.2) is 0 Å². The third-order valence-electron chi connectivity index (χ3n) is 6.91. The minimum Gasteiger partial charge on any atom is -0.497 e. The predicted molar refractivity (Wildman–Crippen MR) is 135 cm³/mol. The Hall–Kier alpha value is -3.07. The van der Waals surface area contributed by atoms with Crippen LogP contribution in [0.25, 0.3) is 11.4 Å². The Kier molecular flexibility index (Phi) is 7.22. The van der Waals surface area contributed by atoms with Crippen molar-refractivity contribution in [3.63, 3.8) is 0 Å². The van der Waals surface area contributed by atoms with Gasteiger partial charge in [0.1, 0.15) is 11.4 Å². The second-order valence-electron chi connectivity index (χ2n) is 9.21. The van der Waals surface area contributed by atoms with Gasteiger partial charge in [-0.3, -0.25) is 14.2 Å². The highest BCUT2D eigenvalue weighted by molar-refractivity contribution is 7.99. The molecule has 9 heteroatoms. The molecular formula is C26H31N5O3S. The van der Waals surface area contributed by atoms with E-state index in [-0.39, 0.29) is 17.4 Å². The van der Waals surface area contributed by atoms with Crippen LogP contribution in [0, 0.1) is 0 Å². The number of ether oxygens (including phenoxy) is 1. The Bertz CT molecular complexity index is 1170. The van der Waals surface area contributed by atoms with Crippen LogP contribution >= 0.6 is 11.8 Å². The molecule has 35 heavy (non-hydrogen) atoms. The molecule has 0 unspecified atom stereocenters. The van der Waals surface area contributed by atoms with E-state index in [1.807, 2.05) is 29.2 Å². The molecule has 3 aromatic rings. The minimum atomic E-state index is -0.0321. The highest BCUT2D eigenvalue weighted by Gasteiger charge is 2.25. The Morgan fingerprint density at radius 2 is 1.80 bits per heavy atom. The van der Waals surface area contributed by atoms with E-state index in [1.54, 1.807) is 19.4 Å². The number of Topliss-reactive ketones (excluding diaryl/α,β-unsaturated/α-hetero) is 1. The zero-order valence-corrected chi connectivity index (χ0v) is 20.9. The number of carbonyl (C=O) groups is 2. The first-order valence-electron chi connectivity index (χ1n) is 12.4. The smallest absolute Gasteiger partial charge is 0.270 e. The fourth-order valence-electron chi connectivity index (χ4n) is 4.96. The zero-order valence-electron chi connectivity index (χ0n) is 20.0. The van der Waals surface area contributed by atoms with Gasteiger partial charge in [0.15, 0.2) is 16.8 Å². The van der Waals surface area contributed by atoms with Crippen LogP contribution in [-0.2, 0) is 0 Å². The van der Waals surface area contributed by atoms with Gasteiger partial charge in [0.05, 0.1) is 12.9 Å². The zero-order chi connectivity index (χ0) is 24.2. The van der Waals surface area contributed by atoms with E-state index >= 15 is 0 Å². The van der Waals surface area contributed by atoms with Gasteiger partial charge in [-0.15, -0.1) is 10.2 Å². The Labute approximate surface area is 209 Å². The van der Waals surface area contributed by atoms with E-state index in [2.05, 4.69) is 19.7 Å². The number of thioether (sulfide) groups is 1. The first kappa shape index (κ1) is 23.7. The van der Waals surface area contributed by atoms with Gasteiger partial charge < -0.3 is 14.6 Å². The number of methoxy groups -OCH3 is 1. The summed E-state index contributed by atoms with van der Waals surface area (Å²) < 4.78 is 7.52. The molecular weight excluding hydrogens is 462 g/mol. The fourth-order valence-corrected chi connectivity index (χ4v) is 5.86. The van der Waals surface area contributed by atoms with E-state index < -0.39 is 0 Å². The topological polar surface area (TPSA) is 93.1 Å². The number of rotatable bonds is 8. The van der Waals surface area contributed by atoms with Crippen molar-refractivity contribution in [2.75, 3.05) is 26.0 Å². The van der Waals surface area contributed by atoms with Crippen molar-refractivity contribution in [1.29, 1.82) is 0 Å². The lowest BCUT2D eigenvalue weighted by Gasteiger charge is -2.25. The molecule has 8 nitrogen and oxygen atoms in total. The molecule has 1 amide bonds. The monoisotopic (exact) mass is 493 g/mol. The van der Waals surface area contributed by atoms with Crippen molar-refractivity contribution >= 4 is 23.5 Å². The molecule has 1 aliphatic carbocycles. The second kappa shape index (κ2) is 10.7. The van der Waals surface area contributed by atoms with E-state index in [4.69, 9.17) is 4.74 Å². The van der Waals surface area contributed by atoms with E-state index in [0.717, 1.165) is 61.1 Å². The van der Waals surface area contributed by atoms with E-state index in [0.29, 0.717) is 17.3 Å². The summed E-state index contributed by atoms with van der Waals surface area (Å²) in [4.78, 5) is 30.4. The van der Waals surface area contributed by atoms with Crippen molar-refractivity contribution in [1.82, 2.24) is 24.6 Å². The predicted octanol–water partition coefficient (Wildman–Crippen LogP) is 5.00. The standard InChI is InChI=1S/C26H31N5O3S/c1-34-21-11-9-18(10-12-21)24-28-29-26(31(24)20-7-3-2-4-8-20)35-17-23(32)19-15-22(27-16-19)25(33)30-13-5-6-14-30/h9-12,15-16,20,27H,2-8,13-14,17H2,1H3. The van der Waals surface area contributed by atoms with Crippen molar-refractivity contribution in [2.45, 2.75) is 56.1 Å². The lowest BCUT2D eigenvalue weighted by atomic mass is 9.95. The molecule has 2 aromatic heterocycles. The summed E-state index contributed by atoms with van der Waals surface area (Å²) in [6, 6.07) is 9.86. The SMILES string of the molecule is COc1ccc(-c2nnc(SCC(=O)c3c[nH]c(C(=O)N4CCCC4)c3)n2C2CCCCC2)cc1. The Balaban J connectivity index is 1.32. The van der Waals surface area contributed by atoms with Crippen molar-refractivity contribution in [3.8, 4) is 17.1 Å². The van der Waals surface area contributed by atoms with Gasteiger partial charge >= 0.3 is 0 Å². The molecule has 0 atom stereocenters. The third-order valence-corrected chi connectivity index (χ3v) is 7.86. The quantitative estimate of drug-likeness (QED) is 0.351. The summed E-state index contributed by atoms with van der Waals surface area (Å²) in [6.45, 7) is 1.56. The molecule has 2 fully saturated rings. The maximum Gasteiger partial charge on any atom is 0.270 e. The first-order chi connectivity index (χ1) is 17.1. The van der Waals surface area contributed by atoms with Crippen LogP contribution in [0.4, 0.5) is 0 Å². The molecule has 1 N–H and O–H groups in total. The number of likely N-dealkylation sites (tertiary alicyclic amines) is 1. The maximum atomic E-state index is 13.0. The number of H-pyrrole nitrogens is 1. The van der Waals surface area contributed by atoms with E-state index in [9.17, 15) is 9.59 Å². The lowest BCUT2D eigenvalue weighted by molar-refractivity contribution is 0.0787. The average Bonchev–Trinajstić information content (AvgIpc) is 3.68. The van der Waals surface area contributed by atoms with Gasteiger partial charge in [0.2, 0.25) is 0 Å². The summed E-state index contributed by atoms with van der Waals surface area (Å²) in [7, 11) is 1.65. The fraction of sp³-hybridized carbons (Fsp3) is 0.462. The molecule has 184 valence electrons. The second-order valence-corrected chi connectivity index (χ2v) is 10.2. The van der Waals surface area contributed by atoms with Crippen LogP contribution in [0.5, 0.6) is 5.75 Å². The number of benzene rings is 1. The van der Waals surface area contributed by atoms with Crippen molar-refractivity contribution in [3.05, 3.63) is 47.8 Å². The number of hydrogen-bond donors (Lipinski definition) is 1. The molecule has 1 saturated heterocycles. The molecule has 1 aromatic carbocycles. The molecule has 0 spiro atoms. The molecule has 0 radical (unpaired) electrons. The molecule has 3 heterocycles. The van der Waals surface area contributed by atoms with Crippen LogP contribution in [0.15, 0.2) is 41.7 Å². The lowest BCUT2D eigenvalue weighted by Crippen LogP contribution is -2.27. The third kappa shape index (κ3) is 5.15. The number of nitrogens with one attached hydrogen (secondary N) is 1. The molecule has 2 aliphatic rings. The van der Waals surface area contributed by atoms with Gasteiger partial charge in [0.25, 0.3) is 5.91 Å².